The summed E-state index contributed by atoms with van der Waals surface area (Å²) in [6, 6.07) is 0.223. The lowest BCUT2D eigenvalue weighted by atomic mass is 9.90. The van der Waals surface area contributed by atoms with Gasteiger partial charge in [0.1, 0.15) is 6.04 Å². The molecule has 0 amide bonds. The summed E-state index contributed by atoms with van der Waals surface area (Å²) in [6.45, 7) is 8.82. The molecule has 0 aromatic carbocycles. The van der Waals surface area contributed by atoms with E-state index in [4.69, 9.17) is 14.0 Å². The van der Waals surface area contributed by atoms with Crippen molar-refractivity contribution in [2.75, 3.05) is 13.3 Å². The highest BCUT2D eigenvalue weighted by molar-refractivity contribution is 7.56. The molecule has 0 saturated carbocycles. The zero-order chi connectivity index (χ0) is 22.9. The van der Waals surface area contributed by atoms with Crippen LogP contribution in [0.3, 0.4) is 0 Å². The van der Waals surface area contributed by atoms with Crippen molar-refractivity contribution in [2.45, 2.75) is 64.8 Å². The average Bonchev–Trinajstić information content (AvgIpc) is 2.82. The molecule has 1 aromatic heterocycles. The number of carbonyl (C=O) groups is 1. The molecule has 2 N–H and O–H groups in total. The number of aromatic nitrogens is 2. The summed E-state index contributed by atoms with van der Waals surface area (Å²) in [5.74, 6) is -1.29. The van der Waals surface area contributed by atoms with Crippen LogP contribution >= 0.6 is 7.52 Å². The fourth-order valence-electron chi connectivity index (χ4n) is 3.13. The molecular weight excluding hydrogens is 420 g/mol. The highest BCUT2D eigenvalue weighted by atomic mass is 31.2. The van der Waals surface area contributed by atoms with E-state index in [9.17, 15) is 18.9 Å². The Morgan fingerprint density at radius 1 is 1.43 bits per heavy atom. The number of nitrogens with zero attached hydrogens (tertiary/aromatic N) is 1. The van der Waals surface area contributed by atoms with Gasteiger partial charge in [0, 0.05) is 24.8 Å². The molecule has 0 unspecified atom stereocenters. The maximum absolute atomic E-state index is 15.4. The Labute approximate surface area is 173 Å². The maximum atomic E-state index is 15.4. The van der Waals surface area contributed by atoms with Crippen molar-refractivity contribution in [3.8, 4) is 0 Å². The molecule has 1 aliphatic rings. The average molecular weight is 449 g/mol. The van der Waals surface area contributed by atoms with Crippen LogP contribution in [0, 0.1) is 5.92 Å². The molecule has 12 heteroatoms. The third-order valence-corrected chi connectivity index (χ3v) is 6.46. The van der Waals surface area contributed by atoms with E-state index in [2.05, 4.69) is 10.1 Å². The number of aromatic amines is 1. The molecule has 0 radical (unpaired) electrons. The summed E-state index contributed by atoms with van der Waals surface area (Å²) >= 11 is 0. The Morgan fingerprint density at radius 2 is 2.07 bits per heavy atom. The Bertz CT molecular complexity index is 929. The standard InChI is InChI=1S/C18H29FN3O7P/c1-10(2)28-15(24)12(4)21-30(6,26)27-9-13-11(3)18(5,19)16(29-13)22-8-7-14(23)20-17(22)25/h7-8,10-13,16H,9H2,1-6H3,(H,21,26)(H,20,23,25)/t11-,12+,13-,16-,18-,30+/m1/s1. The second kappa shape index (κ2) is 9.13. The van der Waals surface area contributed by atoms with Crippen molar-refractivity contribution in [1.82, 2.24) is 14.6 Å². The van der Waals surface area contributed by atoms with Crippen molar-refractivity contribution in [3.05, 3.63) is 33.1 Å². The van der Waals surface area contributed by atoms with Crippen molar-refractivity contribution >= 4 is 13.5 Å². The van der Waals surface area contributed by atoms with Crippen LogP contribution in [0.25, 0.3) is 0 Å². The molecule has 0 bridgehead atoms. The quantitative estimate of drug-likeness (QED) is 0.452. The Balaban J connectivity index is 2.06. The van der Waals surface area contributed by atoms with E-state index in [-0.39, 0.29) is 12.7 Å². The van der Waals surface area contributed by atoms with E-state index in [1.54, 1.807) is 20.8 Å². The second-order valence-electron chi connectivity index (χ2n) is 7.96. The number of carbonyl (C=O) groups excluding carboxylic acids is 1. The molecule has 0 aliphatic carbocycles. The van der Waals surface area contributed by atoms with Crippen LogP contribution in [-0.2, 0) is 23.4 Å². The second-order valence-corrected chi connectivity index (χ2v) is 10.2. The predicted octanol–water partition coefficient (Wildman–Crippen LogP) is 1.57. The third-order valence-electron chi connectivity index (χ3n) is 4.96. The zero-order valence-corrected chi connectivity index (χ0v) is 18.8. The molecule has 170 valence electrons. The van der Waals surface area contributed by atoms with Crippen molar-refractivity contribution in [1.29, 1.82) is 0 Å². The molecule has 1 fully saturated rings. The molecule has 1 saturated heterocycles. The van der Waals surface area contributed by atoms with Gasteiger partial charge in [0.15, 0.2) is 11.9 Å². The van der Waals surface area contributed by atoms with Gasteiger partial charge in [-0.1, -0.05) is 6.92 Å². The van der Waals surface area contributed by atoms with Gasteiger partial charge in [0.25, 0.3) is 13.1 Å². The lowest BCUT2D eigenvalue weighted by molar-refractivity contribution is -0.149. The minimum atomic E-state index is -3.44. The normalized spacial score (nSPS) is 29.5. The van der Waals surface area contributed by atoms with Gasteiger partial charge < -0.3 is 14.0 Å². The summed E-state index contributed by atoms with van der Waals surface area (Å²) in [5.41, 5.74) is -3.37. The minimum absolute atomic E-state index is 0.234. The summed E-state index contributed by atoms with van der Waals surface area (Å²) in [5, 5.41) is 2.59. The van der Waals surface area contributed by atoms with Gasteiger partial charge >= 0.3 is 11.7 Å². The van der Waals surface area contributed by atoms with Gasteiger partial charge in [-0.25, -0.2) is 14.3 Å². The summed E-state index contributed by atoms with van der Waals surface area (Å²) < 4.78 is 45.2. The highest BCUT2D eigenvalue weighted by Crippen LogP contribution is 2.47. The number of nitrogens with one attached hydrogen (secondary N) is 2. The predicted molar refractivity (Wildman–Crippen MR) is 107 cm³/mol. The fraction of sp³-hybridized carbons (Fsp3) is 0.722. The Morgan fingerprint density at radius 3 is 2.63 bits per heavy atom. The van der Waals surface area contributed by atoms with Crippen LogP contribution in [-0.4, -0.2) is 52.7 Å². The number of H-pyrrole nitrogens is 1. The monoisotopic (exact) mass is 449 g/mol. The van der Waals surface area contributed by atoms with E-state index in [1.165, 1.54) is 20.5 Å². The van der Waals surface area contributed by atoms with Gasteiger partial charge in [-0.05, 0) is 27.7 Å². The molecule has 10 nitrogen and oxygen atoms in total. The van der Waals surface area contributed by atoms with Crippen LogP contribution in [0.5, 0.6) is 0 Å². The van der Waals surface area contributed by atoms with E-state index < -0.39 is 54.7 Å². The van der Waals surface area contributed by atoms with Gasteiger partial charge in [-0.2, -0.15) is 0 Å². The first-order chi connectivity index (χ1) is 13.7. The number of hydrogen-bond donors (Lipinski definition) is 2. The van der Waals surface area contributed by atoms with Crippen molar-refractivity contribution in [3.63, 3.8) is 0 Å². The molecule has 2 rings (SSSR count). The largest absolute Gasteiger partial charge is 0.462 e. The molecule has 1 aromatic rings. The number of esters is 1. The molecule has 2 heterocycles. The van der Waals surface area contributed by atoms with Crippen LogP contribution in [0.4, 0.5) is 4.39 Å². The number of alkyl halides is 1. The van der Waals surface area contributed by atoms with Gasteiger partial charge in [-0.15, -0.1) is 0 Å². The number of ether oxygens (including phenoxy) is 2. The van der Waals surface area contributed by atoms with Crippen molar-refractivity contribution < 1.29 is 27.7 Å². The smallest absolute Gasteiger partial charge is 0.330 e. The van der Waals surface area contributed by atoms with E-state index >= 15 is 4.39 Å². The molecular formula is C18H29FN3O7P. The Kier molecular flexibility index (Phi) is 7.45. The van der Waals surface area contributed by atoms with Gasteiger partial charge in [0.2, 0.25) is 0 Å². The van der Waals surface area contributed by atoms with Crippen molar-refractivity contribution in [2.24, 2.45) is 5.92 Å². The lowest BCUT2D eigenvalue weighted by Crippen LogP contribution is -2.40. The summed E-state index contributed by atoms with van der Waals surface area (Å²) in [6.07, 6.45) is -1.28. The summed E-state index contributed by atoms with van der Waals surface area (Å²) in [4.78, 5) is 37.3. The first kappa shape index (κ1) is 24.5. The zero-order valence-electron chi connectivity index (χ0n) is 17.9. The van der Waals surface area contributed by atoms with E-state index in [1.807, 2.05) is 0 Å². The topological polar surface area (TPSA) is 129 Å². The molecule has 0 spiro atoms. The minimum Gasteiger partial charge on any atom is -0.462 e. The number of hydrogen-bond acceptors (Lipinski definition) is 7. The molecule has 1 aliphatic heterocycles. The lowest BCUT2D eigenvalue weighted by Gasteiger charge is -2.25. The molecule has 6 atom stereocenters. The molecule has 30 heavy (non-hydrogen) atoms. The van der Waals surface area contributed by atoms with Gasteiger partial charge in [0.05, 0.1) is 18.8 Å². The number of halogens is 1. The fourth-order valence-corrected chi connectivity index (χ4v) is 4.44. The third kappa shape index (κ3) is 5.66. The summed E-state index contributed by atoms with van der Waals surface area (Å²) in [7, 11) is -3.44. The van der Waals surface area contributed by atoms with Crippen LogP contribution in [0.2, 0.25) is 0 Å². The van der Waals surface area contributed by atoms with Crippen LogP contribution in [0.1, 0.15) is 40.8 Å². The Hall–Kier alpha value is -1.81. The number of rotatable bonds is 8. The maximum Gasteiger partial charge on any atom is 0.330 e. The van der Waals surface area contributed by atoms with E-state index in [0.29, 0.717) is 0 Å². The SMILES string of the molecule is CC(C)OC(=O)[C@H](C)N[P@@](C)(=O)OC[C@H]1O[C@@H](n2ccc(=O)[nH]c2=O)[C@](C)(F)[C@@H]1C. The van der Waals surface area contributed by atoms with E-state index in [0.717, 1.165) is 16.8 Å². The van der Waals surface area contributed by atoms with Crippen LogP contribution in [0.15, 0.2) is 21.9 Å². The first-order valence-corrected chi connectivity index (χ1v) is 11.7. The first-order valence-electron chi connectivity index (χ1n) is 9.60. The van der Waals surface area contributed by atoms with Gasteiger partial charge in [-0.3, -0.25) is 23.7 Å². The highest BCUT2D eigenvalue weighted by Gasteiger charge is 2.53. The van der Waals surface area contributed by atoms with Crippen LogP contribution < -0.4 is 16.3 Å².